The lowest BCUT2D eigenvalue weighted by atomic mass is 9.95. The van der Waals surface area contributed by atoms with Crippen molar-refractivity contribution >= 4 is 11.8 Å². The second-order valence-electron chi connectivity index (χ2n) is 7.34. The number of nitrogens with zero attached hydrogens (tertiary/aromatic N) is 1. The van der Waals surface area contributed by atoms with Gasteiger partial charge in [0.2, 0.25) is 11.8 Å². The number of carbonyl (C=O) groups excluding carboxylic acids is 2. The quantitative estimate of drug-likeness (QED) is 0.853. The number of benzene rings is 2. The van der Waals surface area contributed by atoms with Gasteiger partial charge in [0.15, 0.2) is 0 Å². The van der Waals surface area contributed by atoms with Gasteiger partial charge in [0.1, 0.15) is 0 Å². The van der Waals surface area contributed by atoms with E-state index < -0.39 is 0 Å². The number of hydrogen-bond donors (Lipinski definition) is 1. The van der Waals surface area contributed by atoms with Crippen molar-refractivity contribution in [1.29, 1.82) is 0 Å². The molecule has 2 aromatic rings. The lowest BCUT2D eigenvalue weighted by Gasteiger charge is -2.31. The van der Waals surface area contributed by atoms with Crippen LogP contribution in [0.25, 0.3) is 0 Å². The molecule has 0 aromatic heterocycles. The molecule has 1 N–H and O–H groups in total. The number of carbonyl (C=O) groups is 2. The highest BCUT2D eigenvalue weighted by molar-refractivity contribution is 5.80. The van der Waals surface area contributed by atoms with Crippen molar-refractivity contribution in [3.05, 3.63) is 71.3 Å². The van der Waals surface area contributed by atoms with Crippen LogP contribution in [-0.2, 0) is 22.6 Å². The molecular formula is C23H28N2O2. The fourth-order valence-electron chi connectivity index (χ4n) is 3.48. The largest absolute Gasteiger partial charge is 0.352 e. The summed E-state index contributed by atoms with van der Waals surface area (Å²) < 4.78 is 0. The zero-order chi connectivity index (χ0) is 19.1. The minimum absolute atomic E-state index is 0.00798. The molecular weight excluding hydrogens is 336 g/mol. The minimum atomic E-state index is 0.00798. The SMILES string of the molecule is Cc1ccc(CNC(=O)C2CCN(C(=O)CCc3ccccc3)CC2)cc1. The van der Waals surface area contributed by atoms with Crippen molar-refractivity contribution in [2.45, 2.75) is 39.2 Å². The summed E-state index contributed by atoms with van der Waals surface area (Å²) in [5.41, 5.74) is 3.52. The molecule has 4 nitrogen and oxygen atoms in total. The zero-order valence-corrected chi connectivity index (χ0v) is 16.0. The third-order valence-corrected chi connectivity index (χ3v) is 5.28. The summed E-state index contributed by atoms with van der Waals surface area (Å²) in [6.07, 6.45) is 2.80. The number of likely N-dealkylation sites (tertiary alicyclic amines) is 1. The van der Waals surface area contributed by atoms with E-state index in [0.29, 0.717) is 26.1 Å². The van der Waals surface area contributed by atoms with Gasteiger partial charge in [-0.2, -0.15) is 0 Å². The molecule has 142 valence electrons. The number of nitrogens with one attached hydrogen (secondary N) is 1. The summed E-state index contributed by atoms with van der Waals surface area (Å²) >= 11 is 0. The highest BCUT2D eigenvalue weighted by Gasteiger charge is 2.26. The third-order valence-electron chi connectivity index (χ3n) is 5.28. The van der Waals surface area contributed by atoms with Gasteiger partial charge < -0.3 is 10.2 Å². The summed E-state index contributed by atoms with van der Waals surface area (Å²) in [5.74, 6) is 0.304. The average molecular weight is 364 g/mol. The van der Waals surface area contributed by atoms with E-state index >= 15 is 0 Å². The molecule has 0 radical (unpaired) electrons. The maximum Gasteiger partial charge on any atom is 0.223 e. The lowest BCUT2D eigenvalue weighted by Crippen LogP contribution is -2.43. The van der Waals surface area contributed by atoms with Gasteiger partial charge in [0.05, 0.1) is 0 Å². The molecule has 0 spiro atoms. The van der Waals surface area contributed by atoms with Crippen molar-refractivity contribution < 1.29 is 9.59 Å². The summed E-state index contributed by atoms with van der Waals surface area (Å²) in [5, 5.41) is 3.04. The first-order chi connectivity index (χ1) is 13.1. The first-order valence-corrected chi connectivity index (χ1v) is 9.77. The van der Waals surface area contributed by atoms with E-state index in [-0.39, 0.29) is 17.7 Å². The fraction of sp³-hybridized carbons (Fsp3) is 0.391. The van der Waals surface area contributed by atoms with Gasteiger partial charge in [-0.1, -0.05) is 60.2 Å². The number of amides is 2. The highest BCUT2D eigenvalue weighted by Crippen LogP contribution is 2.19. The fourth-order valence-corrected chi connectivity index (χ4v) is 3.48. The Morgan fingerprint density at radius 1 is 0.963 bits per heavy atom. The van der Waals surface area contributed by atoms with Crippen LogP contribution >= 0.6 is 0 Å². The first kappa shape index (κ1) is 19.2. The molecule has 2 amide bonds. The summed E-state index contributed by atoms with van der Waals surface area (Å²) in [7, 11) is 0. The molecule has 0 saturated carbocycles. The van der Waals surface area contributed by atoms with Crippen LogP contribution in [0.15, 0.2) is 54.6 Å². The van der Waals surface area contributed by atoms with Crippen LogP contribution in [0.4, 0.5) is 0 Å². The maximum atomic E-state index is 12.4. The number of rotatable bonds is 6. The standard InChI is InChI=1S/C23H28N2O2/c1-18-7-9-20(10-8-18)17-24-23(27)21-13-15-25(16-14-21)22(26)12-11-19-5-3-2-4-6-19/h2-10,21H,11-17H2,1H3,(H,24,27). The van der Waals surface area contributed by atoms with E-state index in [0.717, 1.165) is 24.8 Å². The van der Waals surface area contributed by atoms with Crippen LogP contribution in [-0.4, -0.2) is 29.8 Å². The summed E-state index contributed by atoms with van der Waals surface area (Å²) in [4.78, 5) is 26.7. The van der Waals surface area contributed by atoms with E-state index in [9.17, 15) is 9.59 Å². The van der Waals surface area contributed by atoms with Crippen LogP contribution in [0, 0.1) is 12.8 Å². The van der Waals surface area contributed by atoms with Gasteiger partial charge in [-0.3, -0.25) is 9.59 Å². The number of hydrogen-bond acceptors (Lipinski definition) is 2. The van der Waals surface area contributed by atoms with Crippen molar-refractivity contribution in [3.8, 4) is 0 Å². The molecule has 1 saturated heterocycles. The van der Waals surface area contributed by atoms with Crippen molar-refractivity contribution in [1.82, 2.24) is 10.2 Å². The average Bonchev–Trinajstić information content (AvgIpc) is 2.72. The van der Waals surface area contributed by atoms with Gasteiger partial charge in [-0.05, 0) is 37.3 Å². The van der Waals surface area contributed by atoms with Crippen molar-refractivity contribution in [2.75, 3.05) is 13.1 Å². The number of piperidine rings is 1. The minimum Gasteiger partial charge on any atom is -0.352 e. The van der Waals surface area contributed by atoms with Crippen LogP contribution in [0.3, 0.4) is 0 Å². The van der Waals surface area contributed by atoms with Crippen LogP contribution in [0.1, 0.15) is 36.0 Å². The molecule has 0 bridgehead atoms. The normalized spacial score (nSPS) is 14.8. The highest BCUT2D eigenvalue weighted by atomic mass is 16.2. The molecule has 4 heteroatoms. The summed E-state index contributed by atoms with van der Waals surface area (Å²) in [6, 6.07) is 18.3. The maximum absolute atomic E-state index is 12.4. The Hall–Kier alpha value is -2.62. The Kier molecular flexibility index (Phi) is 6.64. The van der Waals surface area contributed by atoms with E-state index in [2.05, 4.69) is 36.5 Å². The Bertz CT molecular complexity index is 748. The van der Waals surface area contributed by atoms with Crippen LogP contribution in [0.5, 0.6) is 0 Å². The van der Waals surface area contributed by atoms with Gasteiger partial charge in [-0.15, -0.1) is 0 Å². The van der Waals surface area contributed by atoms with Gasteiger partial charge in [-0.25, -0.2) is 0 Å². The molecule has 27 heavy (non-hydrogen) atoms. The van der Waals surface area contributed by atoms with Gasteiger partial charge in [0, 0.05) is 32.0 Å². The molecule has 0 aliphatic carbocycles. The Balaban J connectivity index is 1.39. The first-order valence-electron chi connectivity index (χ1n) is 9.77. The van der Waals surface area contributed by atoms with Gasteiger partial charge >= 0.3 is 0 Å². The lowest BCUT2D eigenvalue weighted by molar-refractivity contribution is -0.135. The smallest absolute Gasteiger partial charge is 0.223 e. The van der Waals surface area contributed by atoms with E-state index in [4.69, 9.17) is 0 Å². The molecule has 0 unspecified atom stereocenters. The molecule has 0 atom stereocenters. The predicted octanol–water partition coefficient (Wildman–Crippen LogP) is 3.48. The van der Waals surface area contributed by atoms with E-state index in [1.807, 2.05) is 35.2 Å². The zero-order valence-electron chi connectivity index (χ0n) is 16.0. The monoisotopic (exact) mass is 364 g/mol. The topological polar surface area (TPSA) is 49.4 Å². The van der Waals surface area contributed by atoms with Gasteiger partial charge in [0.25, 0.3) is 0 Å². The van der Waals surface area contributed by atoms with Crippen LogP contribution < -0.4 is 5.32 Å². The Morgan fingerprint density at radius 3 is 2.30 bits per heavy atom. The molecule has 1 fully saturated rings. The third kappa shape index (κ3) is 5.68. The van der Waals surface area contributed by atoms with Crippen molar-refractivity contribution in [3.63, 3.8) is 0 Å². The Labute approximate surface area is 161 Å². The summed E-state index contributed by atoms with van der Waals surface area (Å²) in [6.45, 7) is 3.97. The molecule has 1 aliphatic heterocycles. The van der Waals surface area contributed by atoms with Crippen LogP contribution in [0.2, 0.25) is 0 Å². The predicted molar refractivity (Wildman–Crippen MR) is 107 cm³/mol. The second-order valence-corrected chi connectivity index (χ2v) is 7.34. The molecule has 3 rings (SSSR count). The van der Waals surface area contributed by atoms with Crippen molar-refractivity contribution in [2.24, 2.45) is 5.92 Å². The molecule has 1 aliphatic rings. The van der Waals surface area contributed by atoms with E-state index in [1.54, 1.807) is 0 Å². The van der Waals surface area contributed by atoms with E-state index in [1.165, 1.54) is 11.1 Å². The second kappa shape index (κ2) is 9.36. The number of aryl methyl sites for hydroxylation is 2. The molecule has 2 aromatic carbocycles. The molecule has 1 heterocycles. The Morgan fingerprint density at radius 2 is 1.63 bits per heavy atom.